The number of nitrogens with zero attached hydrogens (tertiary/aromatic N) is 3. The van der Waals surface area contributed by atoms with Crippen LogP contribution in [0.4, 0.5) is 5.69 Å². The molecular weight excluding hydrogens is 210 g/mol. The van der Waals surface area contributed by atoms with Crippen molar-refractivity contribution in [3.63, 3.8) is 0 Å². The molecule has 0 radical (unpaired) electrons. The van der Waals surface area contributed by atoms with Crippen LogP contribution in [0.1, 0.15) is 6.92 Å². The molecule has 6 nitrogen and oxygen atoms in total. The molecule has 2 aromatic rings. The Bertz CT molecular complexity index is 542. The Balaban J connectivity index is 2.65. The number of hydrogen-bond acceptors (Lipinski definition) is 5. The van der Waals surface area contributed by atoms with E-state index in [9.17, 15) is 10.1 Å². The van der Waals surface area contributed by atoms with Gasteiger partial charge in [-0.2, -0.15) is 0 Å². The van der Waals surface area contributed by atoms with E-state index in [2.05, 4.69) is 9.97 Å². The van der Waals surface area contributed by atoms with Crippen molar-refractivity contribution in [1.29, 1.82) is 0 Å². The van der Waals surface area contributed by atoms with Crippen LogP contribution in [-0.4, -0.2) is 21.5 Å². The van der Waals surface area contributed by atoms with E-state index in [1.165, 1.54) is 12.3 Å². The highest BCUT2D eigenvalue weighted by atomic mass is 16.6. The van der Waals surface area contributed by atoms with Gasteiger partial charge in [-0.05, 0) is 13.0 Å². The summed E-state index contributed by atoms with van der Waals surface area (Å²) in [6.07, 6.45) is 3.11. The molecule has 0 N–H and O–H groups in total. The Kier molecular flexibility index (Phi) is 2.63. The summed E-state index contributed by atoms with van der Waals surface area (Å²) in [4.78, 5) is 18.3. The molecule has 6 heteroatoms. The third-order valence-electron chi connectivity index (χ3n) is 2.04. The largest absolute Gasteiger partial charge is 0.473 e. The normalized spacial score (nSPS) is 10.3. The lowest BCUT2D eigenvalue weighted by atomic mass is 10.2. The van der Waals surface area contributed by atoms with Crippen molar-refractivity contribution >= 4 is 16.6 Å². The van der Waals surface area contributed by atoms with Crippen LogP contribution in [0, 0.1) is 10.1 Å². The van der Waals surface area contributed by atoms with Gasteiger partial charge in [-0.3, -0.25) is 15.1 Å². The standard InChI is InChI=1S/C10H9N3O3/c1-2-16-10-9(13(14)15)5-7-6-11-4-3-8(7)12-10/h3-6H,2H2,1H3. The predicted molar refractivity (Wildman–Crippen MR) is 57.4 cm³/mol. The van der Waals surface area contributed by atoms with E-state index < -0.39 is 4.92 Å². The molecule has 0 spiro atoms. The number of nitro groups is 1. The second kappa shape index (κ2) is 4.09. The van der Waals surface area contributed by atoms with Gasteiger partial charge in [0.25, 0.3) is 5.88 Å². The van der Waals surface area contributed by atoms with Gasteiger partial charge in [-0.1, -0.05) is 0 Å². The van der Waals surface area contributed by atoms with Crippen LogP contribution in [0.25, 0.3) is 10.9 Å². The fourth-order valence-corrected chi connectivity index (χ4v) is 1.36. The number of hydrogen-bond donors (Lipinski definition) is 0. The molecule has 2 heterocycles. The summed E-state index contributed by atoms with van der Waals surface area (Å²) in [5.41, 5.74) is 0.492. The topological polar surface area (TPSA) is 78.2 Å². The quantitative estimate of drug-likeness (QED) is 0.582. The lowest BCUT2D eigenvalue weighted by Crippen LogP contribution is -2.00. The fraction of sp³-hybridized carbons (Fsp3) is 0.200. The van der Waals surface area contributed by atoms with Crippen LogP contribution in [0.3, 0.4) is 0 Å². The maximum Gasteiger partial charge on any atom is 0.331 e. The summed E-state index contributed by atoms with van der Waals surface area (Å²) in [7, 11) is 0. The Morgan fingerprint density at radius 1 is 1.56 bits per heavy atom. The molecule has 0 amide bonds. The highest BCUT2D eigenvalue weighted by molar-refractivity contribution is 5.81. The molecule has 2 rings (SSSR count). The second-order valence-electron chi connectivity index (χ2n) is 3.07. The molecule has 0 saturated carbocycles. The monoisotopic (exact) mass is 219 g/mol. The molecule has 82 valence electrons. The number of rotatable bonds is 3. The van der Waals surface area contributed by atoms with Gasteiger partial charge in [0.2, 0.25) is 0 Å². The average Bonchev–Trinajstić information content (AvgIpc) is 2.28. The lowest BCUT2D eigenvalue weighted by molar-refractivity contribution is -0.386. The molecular formula is C10H9N3O3. The van der Waals surface area contributed by atoms with E-state index in [0.29, 0.717) is 17.5 Å². The zero-order valence-electron chi connectivity index (χ0n) is 8.58. The van der Waals surface area contributed by atoms with E-state index in [1.807, 2.05) is 0 Å². The van der Waals surface area contributed by atoms with E-state index in [-0.39, 0.29) is 11.6 Å². The lowest BCUT2D eigenvalue weighted by Gasteiger charge is -2.04. The summed E-state index contributed by atoms with van der Waals surface area (Å²) in [5, 5.41) is 11.4. The second-order valence-corrected chi connectivity index (χ2v) is 3.07. The first-order valence-corrected chi connectivity index (χ1v) is 4.74. The van der Waals surface area contributed by atoms with Crippen LogP contribution in [0.2, 0.25) is 0 Å². The van der Waals surface area contributed by atoms with Crippen molar-refractivity contribution in [3.05, 3.63) is 34.6 Å². The first kappa shape index (κ1) is 10.3. The highest BCUT2D eigenvalue weighted by Gasteiger charge is 2.17. The van der Waals surface area contributed by atoms with E-state index in [4.69, 9.17) is 4.74 Å². The average molecular weight is 219 g/mol. The number of aromatic nitrogens is 2. The zero-order valence-corrected chi connectivity index (χ0v) is 8.58. The van der Waals surface area contributed by atoms with Crippen LogP contribution in [0.15, 0.2) is 24.5 Å². The summed E-state index contributed by atoms with van der Waals surface area (Å²) in [6.45, 7) is 2.09. The van der Waals surface area contributed by atoms with Crippen molar-refractivity contribution in [1.82, 2.24) is 9.97 Å². The molecule has 0 saturated heterocycles. The summed E-state index contributed by atoms with van der Waals surface area (Å²) in [5.74, 6) is 0.0474. The molecule has 0 aromatic carbocycles. The van der Waals surface area contributed by atoms with Crippen LogP contribution in [-0.2, 0) is 0 Å². The van der Waals surface area contributed by atoms with Crippen molar-refractivity contribution in [2.75, 3.05) is 6.61 Å². The van der Waals surface area contributed by atoms with Crippen molar-refractivity contribution in [2.45, 2.75) is 6.92 Å². The van der Waals surface area contributed by atoms with Gasteiger partial charge in [0.05, 0.1) is 17.0 Å². The van der Waals surface area contributed by atoms with Gasteiger partial charge < -0.3 is 4.74 Å². The van der Waals surface area contributed by atoms with E-state index >= 15 is 0 Å². The maximum atomic E-state index is 10.8. The Morgan fingerprint density at radius 3 is 3.06 bits per heavy atom. The SMILES string of the molecule is CCOc1nc2ccncc2cc1[N+](=O)[O-]. The van der Waals surface area contributed by atoms with Gasteiger partial charge in [0.1, 0.15) is 0 Å². The van der Waals surface area contributed by atoms with Gasteiger partial charge in [0, 0.05) is 23.8 Å². The predicted octanol–water partition coefficient (Wildman–Crippen LogP) is 1.94. The molecule has 16 heavy (non-hydrogen) atoms. The Morgan fingerprint density at radius 2 is 2.38 bits per heavy atom. The van der Waals surface area contributed by atoms with Crippen molar-refractivity contribution < 1.29 is 9.66 Å². The smallest absolute Gasteiger partial charge is 0.331 e. The van der Waals surface area contributed by atoms with E-state index in [1.54, 1.807) is 19.2 Å². The van der Waals surface area contributed by atoms with Gasteiger partial charge >= 0.3 is 5.69 Å². The number of ether oxygens (including phenoxy) is 1. The number of fused-ring (bicyclic) bond motifs is 1. The minimum Gasteiger partial charge on any atom is -0.473 e. The molecule has 0 aliphatic heterocycles. The first-order valence-electron chi connectivity index (χ1n) is 4.74. The van der Waals surface area contributed by atoms with E-state index in [0.717, 1.165) is 0 Å². The highest BCUT2D eigenvalue weighted by Crippen LogP contribution is 2.28. The fourth-order valence-electron chi connectivity index (χ4n) is 1.36. The van der Waals surface area contributed by atoms with Gasteiger partial charge in [0.15, 0.2) is 0 Å². The Hall–Kier alpha value is -2.24. The number of pyridine rings is 2. The molecule has 2 aromatic heterocycles. The minimum atomic E-state index is -0.509. The van der Waals surface area contributed by atoms with Crippen LogP contribution < -0.4 is 4.74 Å². The molecule has 0 fully saturated rings. The summed E-state index contributed by atoms with van der Waals surface area (Å²) >= 11 is 0. The maximum absolute atomic E-state index is 10.8. The summed E-state index contributed by atoms with van der Waals surface area (Å²) in [6, 6.07) is 3.10. The molecule has 0 unspecified atom stereocenters. The molecule has 0 atom stereocenters. The Labute approximate surface area is 91.0 Å². The minimum absolute atomic E-state index is 0.0474. The summed E-state index contributed by atoms with van der Waals surface area (Å²) < 4.78 is 5.13. The van der Waals surface area contributed by atoms with Crippen molar-refractivity contribution in [2.24, 2.45) is 0 Å². The van der Waals surface area contributed by atoms with Crippen molar-refractivity contribution in [3.8, 4) is 5.88 Å². The third-order valence-corrected chi connectivity index (χ3v) is 2.04. The van der Waals surface area contributed by atoms with Crippen LogP contribution in [0.5, 0.6) is 5.88 Å². The van der Waals surface area contributed by atoms with Crippen LogP contribution >= 0.6 is 0 Å². The van der Waals surface area contributed by atoms with Gasteiger partial charge in [-0.15, -0.1) is 0 Å². The first-order chi connectivity index (χ1) is 7.72. The third kappa shape index (κ3) is 1.77. The molecule has 0 aliphatic carbocycles. The molecule has 0 bridgehead atoms. The zero-order chi connectivity index (χ0) is 11.5. The van der Waals surface area contributed by atoms with Gasteiger partial charge in [-0.25, -0.2) is 4.98 Å². The molecule has 0 aliphatic rings.